The average molecular weight is 364 g/mol. The highest BCUT2D eigenvalue weighted by Crippen LogP contribution is 2.34. The van der Waals surface area contributed by atoms with Gasteiger partial charge in [0.2, 0.25) is 0 Å². The van der Waals surface area contributed by atoms with Crippen LogP contribution in [-0.4, -0.2) is 32.6 Å². The highest BCUT2D eigenvalue weighted by atomic mass is 35.5. The molecule has 2 aromatic carbocycles. The van der Waals surface area contributed by atoms with Gasteiger partial charge in [-0.25, -0.2) is 0 Å². The van der Waals surface area contributed by atoms with Crippen molar-refractivity contribution in [3.8, 4) is 0 Å². The van der Waals surface area contributed by atoms with Crippen molar-refractivity contribution in [3.05, 3.63) is 63.6 Å². The zero-order valence-corrected chi connectivity index (χ0v) is 14.9. The second-order valence-electron chi connectivity index (χ2n) is 5.71. The maximum atomic E-state index is 11.8. The SMILES string of the molecule is CNC(=O)c1ccc(N2CCNCC2c2ccc(Cl)cc2)c(Cl)c1. The monoisotopic (exact) mass is 363 g/mol. The fourth-order valence-corrected chi connectivity index (χ4v) is 3.42. The van der Waals surface area contributed by atoms with Crippen LogP contribution in [0.2, 0.25) is 10.0 Å². The average Bonchev–Trinajstić information content (AvgIpc) is 2.62. The summed E-state index contributed by atoms with van der Waals surface area (Å²) in [6.45, 7) is 2.55. The second kappa shape index (κ2) is 7.43. The molecule has 1 amide bonds. The lowest BCUT2D eigenvalue weighted by Crippen LogP contribution is -2.46. The van der Waals surface area contributed by atoms with E-state index in [0.29, 0.717) is 10.6 Å². The molecule has 3 rings (SSSR count). The van der Waals surface area contributed by atoms with E-state index in [2.05, 4.69) is 15.5 Å². The van der Waals surface area contributed by atoms with E-state index in [1.54, 1.807) is 19.2 Å². The van der Waals surface area contributed by atoms with Gasteiger partial charge >= 0.3 is 0 Å². The summed E-state index contributed by atoms with van der Waals surface area (Å²) in [5.41, 5.74) is 2.67. The van der Waals surface area contributed by atoms with Gasteiger partial charge in [0, 0.05) is 37.3 Å². The molecule has 1 saturated heterocycles. The van der Waals surface area contributed by atoms with E-state index < -0.39 is 0 Å². The number of nitrogens with one attached hydrogen (secondary N) is 2. The van der Waals surface area contributed by atoms with Gasteiger partial charge in [0.05, 0.1) is 16.8 Å². The summed E-state index contributed by atoms with van der Waals surface area (Å²) in [7, 11) is 1.61. The van der Waals surface area contributed by atoms with Crippen molar-refractivity contribution in [1.82, 2.24) is 10.6 Å². The minimum Gasteiger partial charge on any atom is -0.361 e. The predicted octanol–water partition coefficient (Wildman–Crippen LogP) is 3.50. The van der Waals surface area contributed by atoms with Crippen molar-refractivity contribution in [2.24, 2.45) is 0 Å². The Balaban J connectivity index is 1.93. The van der Waals surface area contributed by atoms with E-state index in [4.69, 9.17) is 23.2 Å². The predicted molar refractivity (Wildman–Crippen MR) is 99.3 cm³/mol. The highest BCUT2D eigenvalue weighted by Gasteiger charge is 2.25. The third-order valence-corrected chi connectivity index (χ3v) is 4.80. The van der Waals surface area contributed by atoms with Crippen LogP contribution in [0.1, 0.15) is 22.0 Å². The van der Waals surface area contributed by atoms with E-state index in [0.717, 1.165) is 30.3 Å². The number of hydrogen-bond donors (Lipinski definition) is 2. The summed E-state index contributed by atoms with van der Waals surface area (Å²) in [5.74, 6) is -0.141. The van der Waals surface area contributed by atoms with Gasteiger partial charge in [0.1, 0.15) is 0 Å². The Bertz CT molecular complexity index is 734. The van der Waals surface area contributed by atoms with Crippen molar-refractivity contribution in [1.29, 1.82) is 0 Å². The zero-order valence-electron chi connectivity index (χ0n) is 13.4. The third kappa shape index (κ3) is 3.51. The van der Waals surface area contributed by atoms with Gasteiger partial charge < -0.3 is 15.5 Å². The highest BCUT2D eigenvalue weighted by molar-refractivity contribution is 6.33. The lowest BCUT2D eigenvalue weighted by molar-refractivity contribution is 0.0963. The van der Waals surface area contributed by atoms with Crippen molar-refractivity contribution in [2.75, 3.05) is 31.6 Å². The molecule has 2 N–H and O–H groups in total. The van der Waals surface area contributed by atoms with Gasteiger partial charge in [0.25, 0.3) is 5.91 Å². The first kappa shape index (κ1) is 17.1. The minimum atomic E-state index is -0.141. The molecular formula is C18H19Cl2N3O. The van der Waals surface area contributed by atoms with Crippen molar-refractivity contribution >= 4 is 34.8 Å². The summed E-state index contributed by atoms with van der Waals surface area (Å²) < 4.78 is 0. The van der Waals surface area contributed by atoms with E-state index in [-0.39, 0.29) is 11.9 Å². The summed E-state index contributed by atoms with van der Waals surface area (Å²) in [6.07, 6.45) is 0. The number of piperazine rings is 1. The molecular weight excluding hydrogens is 345 g/mol. The molecule has 1 aliphatic heterocycles. The van der Waals surface area contributed by atoms with E-state index in [1.807, 2.05) is 30.3 Å². The molecule has 24 heavy (non-hydrogen) atoms. The molecule has 1 aliphatic rings. The quantitative estimate of drug-likeness (QED) is 0.876. The lowest BCUT2D eigenvalue weighted by atomic mass is 10.0. The summed E-state index contributed by atoms with van der Waals surface area (Å²) in [4.78, 5) is 14.0. The van der Waals surface area contributed by atoms with Gasteiger partial charge in [-0.1, -0.05) is 35.3 Å². The van der Waals surface area contributed by atoms with Crippen LogP contribution >= 0.6 is 23.2 Å². The number of halogens is 2. The van der Waals surface area contributed by atoms with Crippen molar-refractivity contribution in [3.63, 3.8) is 0 Å². The standard InChI is InChI=1S/C18H19Cl2N3O/c1-21-18(24)13-4-7-16(15(20)10-13)23-9-8-22-11-17(23)12-2-5-14(19)6-3-12/h2-7,10,17,22H,8-9,11H2,1H3,(H,21,24). The lowest BCUT2D eigenvalue weighted by Gasteiger charge is -2.39. The van der Waals surface area contributed by atoms with Crippen LogP contribution in [0.25, 0.3) is 0 Å². The number of carbonyl (C=O) groups is 1. The molecule has 1 unspecified atom stereocenters. The Morgan fingerprint density at radius 2 is 1.96 bits per heavy atom. The molecule has 126 valence electrons. The van der Waals surface area contributed by atoms with E-state index >= 15 is 0 Å². The summed E-state index contributed by atoms with van der Waals surface area (Å²) in [6, 6.07) is 13.5. The molecule has 0 bridgehead atoms. The fraction of sp³-hybridized carbons (Fsp3) is 0.278. The third-order valence-electron chi connectivity index (χ3n) is 4.24. The number of anilines is 1. The van der Waals surface area contributed by atoms with Crippen LogP contribution in [-0.2, 0) is 0 Å². The largest absolute Gasteiger partial charge is 0.361 e. The van der Waals surface area contributed by atoms with Crippen LogP contribution in [0, 0.1) is 0 Å². The number of amides is 1. The number of benzene rings is 2. The Morgan fingerprint density at radius 3 is 2.62 bits per heavy atom. The molecule has 0 spiro atoms. The molecule has 1 heterocycles. The molecule has 0 radical (unpaired) electrons. The molecule has 1 atom stereocenters. The normalized spacial score (nSPS) is 17.6. The van der Waals surface area contributed by atoms with E-state index in [1.165, 1.54) is 5.56 Å². The number of carbonyl (C=O) groups excluding carboxylic acids is 1. The minimum absolute atomic E-state index is 0.141. The maximum absolute atomic E-state index is 11.8. The van der Waals surface area contributed by atoms with Crippen LogP contribution < -0.4 is 15.5 Å². The van der Waals surface area contributed by atoms with Crippen molar-refractivity contribution < 1.29 is 4.79 Å². The van der Waals surface area contributed by atoms with Gasteiger partial charge in [-0.15, -0.1) is 0 Å². The maximum Gasteiger partial charge on any atom is 0.251 e. The van der Waals surface area contributed by atoms with Crippen LogP contribution in [0.3, 0.4) is 0 Å². The Labute approximate surface area is 151 Å². The topological polar surface area (TPSA) is 44.4 Å². The van der Waals surface area contributed by atoms with Gasteiger partial charge in [-0.2, -0.15) is 0 Å². The van der Waals surface area contributed by atoms with Gasteiger partial charge in [-0.3, -0.25) is 4.79 Å². The van der Waals surface area contributed by atoms with Gasteiger partial charge in [-0.05, 0) is 35.9 Å². The summed E-state index contributed by atoms with van der Waals surface area (Å²) >= 11 is 12.5. The first-order chi connectivity index (χ1) is 11.6. The first-order valence-corrected chi connectivity index (χ1v) is 8.60. The molecule has 0 aliphatic carbocycles. The Kier molecular flexibility index (Phi) is 5.29. The summed E-state index contributed by atoms with van der Waals surface area (Å²) in [5, 5.41) is 7.34. The fourth-order valence-electron chi connectivity index (χ4n) is 3.00. The smallest absolute Gasteiger partial charge is 0.251 e. The number of hydrogen-bond acceptors (Lipinski definition) is 3. The van der Waals surface area contributed by atoms with Crippen LogP contribution in [0.5, 0.6) is 0 Å². The van der Waals surface area contributed by atoms with Gasteiger partial charge in [0.15, 0.2) is 0 Å². The molecule has 0 aromatic heterocycles. The van der Waals surface area contributed by atoms with E-state index in [9.17, 15) is 4.79 Å². The Hall–Kier alpha value is -1.75. The Morgan fingerprint density at radius 1 is 1.21 bits per heavy atom. The van der Waals surface area contributed by atoms with Crippen LogP contribution in [0.4, 0.5) is 5.69 Å². The molecule has 2 aromatic rings. The molecule has 4 nitrogen and oxygen atoms in total. The number of nitrogens with zero attached hydrogens (tertiary/aromatic N) is 1. The molecule has 6 heteroatoms. The zero-order chi connectivity index (χ0) is 17.1. The number of rotatable bonds is 3. The molecule has 0 saturated carbocycles. The molecule has 1 fully saturated rings. The van der Waals surface area contributed by atoms with Crippen molar-refractivity contribution in [2.45, 2.75) is 6.04 Å². The first-order valence-electron chi connectivity index (χ1n) is 7.84. The second-order valence-corrected chi connectivity index (χ2v) is 6.55. The van der Waals surface area contributed by atoms with Crippen LogP contribution in [0.15, 0.2) is 42.5 Å².